The number of unbranched alkanes of at least 4 members (excludes halogenated alkanes) is 6. The first-order chi connectivity index (χ1) is 22.2. The van der Waals surface area contributed by atoms with Crippen LogP contribution in [-0.4, -0.2) is 0 Å². The van der Waals surface area contributed by atoms with Gasteiger partial charge in [0, 0.05) is 0 Å². The molecule has 0 fully saturated rings. The fourth-order valence-electron chi connectivity index (χ4n) is 6.23. The molecule has 0 bridgehead atoms. The van der Waals surface area contributed by atoms with E-state index < -0.39 is 7.92 Å². The van der Waals surface area contributed by atoms with Gasteiger partial charge in [0.25, 0.3) is 0 Å². The lowest BCUT2D eigenvalue weighted by Crippen LogP contribution is -2.22. The van der Waals surface area contributed by atoms with E-state index in [2.05, 4.69) is 143 Å². The minimum Gasteiger partial charge on any atom is -0.0807 e. The van der Waals surface area contributed by atoms with Gasteiger partial charge >= 0.3 is 0 Å². The van der Waals surface area contributed by atoms with Crippen LogP contribution >= 0.6 is 7.92 Å². The van der Waals surface area contributed by atoms with Gasteiger partial charge in [-0.3, -0.25) is 0 Å². The van der Waals surface area contributed by atoms with Crippen LogP contribution in [0.1, 0.15) is 116 Å². The second-order valence-corrected chi connectivity index (χ2v) is 14.4. The van der Waals surface area contributed by atoms with Crippen LogP contribution in [0.15, 0.2) is 115 Å². The third-order valence-corrected chi connectivity index (χ3v) is 11.2. The predicted molar refractivity (Wildman–Crippen MR) is 205 cm³/mol. The molecule has 1 heteroatoms. The number of hydrogen-bond acceptors (Lipinski definition) is 0. The van der Waals surface area contributed by atoms with Crippen LogP contribution in [0.3, 0.4) is 0 Å². The number of benzene rings is 4. The highest BCUT2D eigenvalue weighted by Crippen LogP contribution is 2.43. The Morgan fingerprint density at radius 3 is 1.40 bits per heavy atom. The van der Waals surface area contributed by atoms with E-state index in [1.807, 2.05) is 0 Å². The molecule has 0 aromatic heterocycles. The molecule has 0 N–H and O–H groups in total. The van der Waals surface area contributed by atoms with E-state index in [-0.39, 0.29) is 0 Å². The molecule has 0 unspecified atom stereocenters. The summed E-state index contributed by atoms with van der Waals surface area (Å²) >= 11 is 0. The van der Waals surface area contributed by atoms with Crippen molar-refractivity contribution in [2.45, 2.75) is 105 Å². The molecule has 4 aromatic carbocycles. The van der Waals surface area contributed by atoms with Crippen molar-refractivity contribution in [1.82, 2.24) is 0 Å². The third kappa shape index (κ3) is 9.64. The SMILES string of the molecule is CCCC/C=C(\CCCC)c1cccc(/C(=C/CCCC)CCCC)c1-c1ccccc1P(c1ccccc1)c1ccccc1. The third-order valence-electron chi connectivity index (χ3n) is 8.70. The zero-order valence-electron chi connectivity index (χ0n) is 28.4. The average Bonchev–Trinajstić information content (AvgIpc) is 3.09. The molecule has 45 heavy (non-hydrogen) atoms. The molecular weight excluding hydrogens is 559 g/mol. The molecule has 0 aliphatic rings. The van der Waals surface area contributed by atoms with Crippen LogP contribution in [0.4, 0.5) is 0 Å². The molecule has 0 spiro atoms. The van der Waals surface area contributed by atoms with E-state index in [1.165, 1.54) is 101 Å². The van der Waals surface area contributed by atoms with Crippen LogP contribution < -0.4 is 15.9 Å². The second kappa shape index (κ2) is 19.3. The fourth-order valence-corrected chi connectivity index (χ4v) is 8.69. The minimum atomic E-state index is -0.742. The molecule has 0 saturated carbocycles. The van der Waals surface area contributed by atoms with Gasteiger partial charge in [0.2, 0.25) is 0 Å². The van der Waals surface area contributed by atoms with Crippen molar-refractivity contribution in [3.05, 3.63) is 126 Å². The van der Waals surface area contributed by atoms with Gasteiger partial charge in [-0.2, -0.15) is 0 Å². The first kappa shape index (κ1) is 34.7. The summed E-state index contributed by atoms with van der Waals surface area (Å²) in [6.45, 7) is 9.25. The van der Waals surface area contributed by atoms with Gasteiger partial charge in [-0.1, -0.05) is 182 Å². The standard InChI is InChI=1S/C44H55P/c1-5-9-15-26-36(24-11-7-3)40-33-23-34-41(37(25-12-8-4)27-16-10-6-2)44(40)42-32-21-22-35-43(42)45(38-28-17-13-18-29-38)39-30-19-14-20-31-39/h13-14,17-23,26-35H,5-12,15-16,24-25H2,1-4H3/b36-26+,37-27+. The maximum absolute atomic E-state index is 2.58. The molecular formula is C44H55P. The number of hydrogen-bond donors (Lipinski definition) is 0. The van der Waals surface area contributed by atoms with Crippen molar-refractivity contribution in [3.8, 4) is 11.1 Å². The summed E-state index contributed by atoms with van der Waals surface area (Å²) in [4.78, 5) is 0. The quantitative estimate of drug-likeness (QED) is 0.0772. The normalized spacial score (nSPS) is 12.2. The molecule has 0 saturated heterocycles. The van der Waals surface area contributed by atoms with E-state index in [0.717, 1.165) is 25.7 Å². The summed E-state index contributed by atoms with van der Waals surface area (Å²) < 4.78 is 0. The zero-order chi connectivity index (χ0) is 31.7. The smallest absolute Gasteiger partial charge is 0.00269 e. The Kier molecular flexibility index (Phi) is 14.9. The Hall–Kier alpha value is -3.21. The van der Waals surface area contributed by atoms with Crippen LogP contribution in [0, 0.1) is 0 Å². The molecule has 0 aliphatic heterocycles. The maximum Gasteiger partial charge on any atom is -0.00269 e. The van der Waals surface area contributed by atoms with Crippen molar-refractivity contribution in [3.63, 3.8) is 0 Å². The maximum atomic E-state index is 2.58. The second-order valence-electron chi connectivity index (χ2n) is 12.2. The molecule has 0 atom stereocenters. The Labute approximate surface area is 276 Å². The van der Waals surface area contributed by atoms with Crippen LogP contribution in [0.5, 0.6) is 0 Å². The lowest BCUT2D eigenvalue weighted by Gasteiger charge is -2.26. The van der Waals surface area contributed by atoms with Gasteiger partial charge in [-0.25, -0.2) is 0 Å². The van der Waals surface area contributed by atoms with E-state index in [9.17, 15) is 0 Å². The topological polar surface area (TPSA) is 0 Å². The van der Waals surface area contributed by atoms with Crippen molar-refractivity contribution in [2.75, 3.05) is 0 Å². The summed E-state index contributed by atoms with van der Waals surface area (Å²) in [6, 6.07) is 39.0. The van der Waals surface area contributed by atoms with Crippen molar-refractivity contribution in [1.29, 1.82) is 0 Å². The van der Waals surface area contributed by atoms with Crippen molar-refractivity contribution in [2.24, 2.45) is 0 Å². The van der Waals surface area contributed by atoms with E-state index >= 15 is 0 Å². The lowest BCUT2D eigenvalue weighted by molar-refractivity contribution is 0.799. The largest absolute Gasteiger partial charge is 0.0807 e. The summed E-state index contributed by atoms with van der Waals surface area (Å²) in [5.41, 5.74) is 8.80. The molecule has 0 amide bonds. The Bertz CT molecular complexity index is 1390. The molecule has 0 heterocycles. The summed E-state index contributed by atoms with van der Waals surface area (Å²) in [5.74, 6) is 0. The molecule has 4 rings (SSSR count). The summed E-state index contributed by atoms with van der Waals surface area (Å²) in [7, 11) is -0.742. The van der Waals surface area contributed by atoms with Gasteiger partial charge < -0.3 is 0 Å². The molecule has 236 valence electrons. The molecule has 0 radical (unpaired) electrons. The first-order valence-corrected chi connectivity index (χ1v) is 19.1. The Morgan fingerprint density at radius 1 is 0.489 bits per heavy atom. The van der Waals surface area contributed by atoms with E-state index in [4.69, 9.17) is 0 Å². The van der Waals surface area contributed by atoms with Gasteiger partial charge in [0.15, 0.2) is 0 Å². The predicted octanol–water partition coefficient (Wildman–Crippen LogP) is 12.6. The van der Waals surface area contributed by atoms with Crippen molar-refractivity contribution < 1.29 is 0 Å². The lowest BCUT2D eigenvalue weighted by atomic mass is 9.84. The van der Waals surface area contributed by atoms with Crippen LogP contribution in [-0.2, 0) is 0 Å². The fraction of sp³-hybridized carbons (Fsp3) is 0.364. The highest BCUT2D eigenvalue weighted by molar-refractivity contribution is 7.80. The Morgan fingerprint density at radius 2 is 0.933 bits per heavy atom. The van der Waals surface area contributed by atoms with Crippen LogP contribution in [0.2, 0.25) is 0 Å². The number of rotatable bonds is 18. The summed E-state index contributed by atoms with van der Waals surface area (Å²) in [6.07, 6.45) is 19.5. The highest BCUT2D eigenvalue weighted by Gasteiger charge is 2.24. The van der Waals surface area contributed by atoms with Crippen LogP contribution in [0.25, 0.3) is 22.3 Å². The minimum absolute atomic E-state index is 0.742. The molecule has 0 aliphatic carbocycles. The van der Waals surface area contributed by atoms with Crippen molar-refractivity contribution >= 4 is 35.0 Å². The molecule has 0 nitrogen and oxygen atoms in total. The van der Waals surface area contributed by atoms with Gasteiger partial charge in [-0.15, -0.1) is 0 Å². The van der Waals surface area contributed by atoms with E-state index in [0.29, 0.717) is 0 Å². The van der Waals surface area contributed by atoms with Gasteiger partial charge in [0.1, 0.15) is 0 Å². The number of allylic oxidation sites excluding steroid dienone is 4. The van der Waals surface area contributed by atoms with Gasteiger partial charge in [-0.05, 0) is 95.8 Å². The zero-order valence-corrected chi connectivity index (χ0v) is 29.3. The highest BCUT2D eigenvalue weighted by atomic mass is 31.1. The van der Waals surface area contributed by atoms with Gasteiger partial charge in [0.05, 0.1) is 0 Å². The first-order valence-electron chi connectivity index (χ1n) is 17.7. The Balaban J connectivity index is 2.05. The van der Waals surface area contributed by atoms with E-state index in [1.54, 1.807) is 0 Å². The monoisotopic (exact) mass is 614 g/mol. The average molecular weight is 615 g/mol. The summed E-state index contributed by atoms with van der Waals surface area (Å²) in [5, 5.41) is 4.25. The molecule has 4 aromatic rings.